The van der Waals surface area contributed by atoms with Crippen LogP contribution in [0.25, 0.3) is 0 Å². The summed E-state index contributed by atoms with van der Waals surface area (Å²) in [5.41, 5.74) is 4.25. The van der Waals surface area contributed by atoms with Crippen LogP contribution in [0.5, 0.6) is 0 Å². The molecular weight excluding hydrogens is 170 g/mol. The molecular formula is C13H17N. The Balaban J connectivity index is 2.36. The van der Waals surface area contributed by atoms with Crippen LogP contribution in [0.3, 0.4) is 0 Å². The molecule has 0 spiro atoms. The van der Waals surface area contributed by atoms with Crippen molar-refractivity contribution in [3.8, 4) is 0 Å². The SMILES string of the molecule is CC1=C(C)N(c2ccccc2)C(C)C1. The van der Waals surface area contributed by atoms with Crippen molar-refractivity contribution in [2.45, 2.75) is 33.2 Å². The minimum atomic E-state index is 0.609. The predicted molar refractivity (Wildman–Crippen MR) is 61.4 cm³/mol. The average Bonchev–Trinajstić information content (AvgIpc) is 2.43. The van der Waals surface area contributed by atoms with E-state index in [9.17, 15) is 0 Å². The fourth-order valence-electron chi connectivity index (χ4n) is 2.26. The maximum Gasteiger partial charge on any atom is 0.0410 e. The minimum Gasteiger partial charge on any atom is -0.342 e. The number of benzene rings is 1. The topological polar surface area (TPSA) is 3.24 Å². The summed E-state index contributed by atoms with van der Waals surface area (Å²) in [6.45, 7) is 6.73. The summed E-state index contributed by atoms with van der Waals surface area (Å²) in [5.74, 6) is 0. The zero-order valence-corrected chi connectivity index (χ0v) is 9.12. The monoisotopic (exact) mass is 187 g/mol. The molecule has 1 aliphatic heterocycles. The zero-order chi connectivity index (χ0) is 10.1. The van der Waals surface area contributed by atoms with Crippen LogP contribution >= 0.6 is 0 Å². The molecule has 0 aromatic heterocycles. The van der Waals surface area contributed by atoms with E-state index in [0.29, 0.717) is 6.04 Å². The van der Waals surface area contributed by atoms with Crippen LogP contribution in [0.2, 0.25) is 0 Å². The fourth-order valence-corrected chi connectivity index (χ4v) is 2.26. The summed E-state index contributed by atoms with van der Waals surface area (Å²) < 4.78 is 0. The molecule has 0 bridgehead atoms. The highest BCUT2D eigenvalue weighted by molar-refractivity contribution is 5.55. The van der Waals surface area contributed by atoms with Crippen molar-refractivity contribution in [1.29, 1.82) is 0 Å². The number of para-hydroxylation sites is 1. The van der Waals surface area contributed by atoms with Crippen molar-refractivity contribution >= 4 is 5.69 Å². The standard InChI is InChI=1S/C13H17N/c1-10-9-11(2)14(12(10)3)13-7-5-4-6-8-13/h4-8,11H,9H2,1-3H3. The molecule has 2 rings (SSSR count). The first-order valence-corrected chi connectivity index (χ1v) is 5.21. The minimum absolute atomic E-state index is 0.609. The van der Waals surface area contributed by atoms with E-state index in [4.69, 9.17) is 0 Å². The van der Waals surface area contributed by atoms with Crippen LogP contribution in [0.1, 0.15) is 27.2 Å². The van der Waals surface area contributed by atoms with Gasteiger partial charge in [0.15, 0.2) is 0 Å². The highest BCUT2D eigenvalue weighted by atomic mass is 15.2. The van der Waals surface area contributed by atoms with Gasteiger partial charge in [-0.3, -0.25) is 0 Å². The molecule has 0 saturated heterocycles. The van der Waals surface area contributed by atoms with Crippen LogP contribution in [0, 0.1) is 0 Å². The van der Waals surface area contributed by atoms with Gasteiger partial charge in [-0.1, -0.05) is 23.8 Å². The predicted octanol–water partition coefficient (Wildman–Crippen LogP) is 3.58. The van der Waals surface area contributed by atoms with E-state index in [1.807, 2.05) is 0 Å². The van der Waals surface area contributed by atoms with Crippen LogP contribution < -0.4 is 4.90 Å². The van der Waals surface area contributed by atoms with Gasteiger partial charge in [0.05, 0.1) is 0 Å². The molecule has 1 atom stereocenters. The number of hydrogen-bond donors (Lipinski definition) is 0. The van der Waals surface area contributed by atoms with Gasteiger partial charge in [-0.2, -0.15) is 0 Å². The van der Waals surface area contributed by atoms with E-state index < -0.39 is 0 Å². The van der Waals surface area contributed by atoms with E-state index >= 15 is 0 Å². The van der Waals surface area contributed by atoms with Crippen LogP contribution in [0.4, 0.5) is 5.69 Å². The lowest BCUT2D eigenvalue weighted by Gasteiger charge is -2.26. The van der Waals surface area contributed by atoms with Crippen molar-refractivity contribution < 1.29 is 0 Å². The van der Waals surface area contributed by atoms with Crippen LogP contribution in [-0.4, -0.2) is 6.04 Å². The number of nitrogens with zero attached hydrogens (tertiary/aromatic N) is 1. The maximum absolute atomic E-state index is 2.43. The van der Waals surface area contributed by atoms with Crippen LogP contribution in [-0.2, 0) is 0 Å². The molecule has 1 nitrogen and oxygen atoms in total. The zero-order valence-electron chi connectivity index (χ0n) is 9.12. The molecule has 0 radical (unpaired) electrons. The van der Waals surface area contributed by atoms with Crippen molar-refractivity contribution in [2.24, 2.45) is 0 Å². The molecule has 1 aliphatic rings. The molecule has 0 aliphatic carbocycles. The second-order valence-corrected chi connectivity index (χ2v) is 4.12. The molecule has 0 N–H and O–H groups in total. The van der Waals surface area contributed by atoms with Crippen molar-refractivity contribution in [2.75, 3.05) is 4.90 Å². The van der Waals surface area contributed by atoms with Crippen molar-refractivity contribution in [1.82, 2.24) is 0 Å². The van der Waals surface area contributed by atoms with Gasteiger partial charge in [0, 0.05) is 17.4 Å². The Kier molecular flexibility index (Phi) is 2.32. The smallest absolute Gasteiger partial charge is 0.0410 e. The Labute approximate surface area is 86.1 Å². The fraction of sp³-hybridized carbons (Fsp3) is 0.385. The number of anilines is 1. The molecule has 1 aromatic carbocycles. The molecule has 0 fully saturated rings. The van der Waals surface area contributed by atoms with E-state index in [-0.39, 0.29) is 0 Å². The van der Waals surface area contributed by atoms with Gasteiger partial charge in [0.2, 0.25) is 0 Å². The number of hydrogen-bond acceptors (Lipinski definition) is 1. The van der Waals surface area contributed by atoms with Crippen LogP contribution in [0.15, 0.2) is 41.6 Å². The molecule has 1 unspecified atom stereocenters. The second-order valence-electron chi connectivity index (χ2n) is 4.12. The van der Waals surface area contributed by atoms with Gasteiger partial charge in [0.25, 0.3) is 0 Å². The Morgan fingerprint density at radius 2 is 1.79 bits per heavy atom. The van der Waals surface area contributed by atoms with E-state index in [1.165, 1.54) is 23.4 Å². The lowest BCUT2D eigenvalue weighted by Crippen LogP contribution is -2.25. The normalized spacial score (nSPS) is 21.9. The first-order chi connectivity index (χ1) is 6.70. The van der Waals surface area contributed by atoms with Crippen molar-refractivity contribution in [3.05, 3.63) is 41.6 Å². The molecule has 1 heteroatoms. The quantitative estimate of drug-likeness (QED) is 0.649. The van der Waals surface area contributed by atoms with Gasteiger partial charge < -0.3 is 4.90 Å². The molecule has 1 heterocycles. The molecule has 1 aromatic rings. The Hall–Kier alpha value is -1.24. The third-order valence-electron chi connectivity index (χ3n) is 3.06. The third-order valence-corrected chi connectivity index (χ3v) is 3.06. The lowest BCUT2D eigenvalue weighted by molar-refractivity contribution is 0.737. The summed E-state index contributed by atoms with van der Waals surface area (Å²) in [7, 11) is 0. The molecule has 0 amide bonds. The number of rotatable bonds is 1. The average molecular weight is 187 g/mol. The summed E-state index contributed by atoms with van der Waals surface area (Å²) in [4.78, 5) is 2.43. The summed E-state index contributed by atoms with van der Waals surface area (Å²) >= 11 is 0. The van der Waals surface area contributed by atoms with Gasteiger partial charge in [-0.05, 0) is 39.3 Å². The summed E-state index contributed by atoms with van der Waals surface area (Å²) in [5, 5.41) is 0. The molecule has 14 heavy (non-hydrogen) atoms. The van der Waals surface area contributed by atoms with E-state index in [2.05, 4.69) is 56.0 Å². The largest absolute Gasteiger partial charge is 0.342 e. The second kappa shape index (κ2) is 3.49. The highest BCUT2D eigenvalue weighted by Gasteiger charge is 2.24. The van der Waals surface area contributed by atoms with Crippen molar-refractivity contribution in [3.63, 3.8) is 0 Å². The molecule has 0 saturated carbocycles. The van der Waals surface area contributed by atoms with E-state index in [0.717, 1.165) is 0 Å². The van der Waals surface area contributed by atoms with Gasteiger partial charge in [0.1, 0.15) is 0 Å². The molecule has 74 valence electrons. The summed E-state index contributed by atoms with van der Waals surface area (Å²) in [6.07, 6.45) is 1.20. The maximum atomic E-state index is 2.43. The van der Waals surface area contributed by atoms with Gasteiger partial charge >= 0.3 is 0 Å². The van der Waals surface area contributed by atoms with Gasteiger partial charge in [-0.15, -0.1) is 0 Å². The Morgan fingerprint density at radius 3 is 2.29 bits per heavy atom. The lowest BCUT2D eigenvalue weighted by atomic mass is 10.2. The Bertz CT molecular complexity index is 351. The Morgan fingerprint density at radius 1 is 1.14 bits per heavy atom. The van der Waals surface area contributed by atoms with E-state index in [1.54, 1.807) is 0 Å². The third kappa shape index (κ3) is 1.43. The first-order valence-electron chi connectivity index (χ1n) is 5.21. The summed E-state index contributed by atoms with van der Waals surface area (Å²) in [6, 6.07) is 11.2. The van der Waals surface area contributed by atoms with Gasteiger partial charge in [-0.25, -0.2) is 0 Å². The first kappa shape index (κ1) is 9.32. The highest BCUT2D eigenvalue weighted by Crippen LogP contribution is 2.32. The number of allylic oxidation sites excluding steroid dienone is 1.